The number of anilines is 3. The first kappa shape index (κ1) is 33.8. The largest absolute Gasteiger partial charge is 0.477 e. The molecule has 262 valence electrons. The number of nitrogens with zero attached hydrogens (tertiary/aromatic N) is 2. The van der Waals surface area contributed by atoms with Crippen molar-refractivity contribution in [2.24, 2.45) is 0 Å². The van der Waals surface area contributed by atoms with E-state index in [1.807, 2.05) is 12.1 Å². The van der Waals surface area contributed by atoms with Crippen LogP contribution in [0.5, 0.6) is 0 Å². The van der Waals surface area contributed by atoms with Crippen molar-refractivity contribution in [2.75, 3.05) is 4.90 Å². The lowest BCUT2D eigenvalue weighted by molar-refractivity contribution is -0.132. The molecule has 2 aliphatic carbocycles. The van der Waals surface area contributed by atoms with E-state index in [1.54, 1.807) is 17.4 Å². The number of rotatable bonds is 7. The Kier molecular flexibility index (Phi) is 7.86. The van der Waals surface area contributed by atoms with Gasteiger partial charge in [-0.3, -0.25) is 0 Å². The van der Waals surface area contributed by atoms with Crippen LogP contribution in [0.1, 0.15) is 54.8 Å². The number of hydrogen-bond donors (Lipinski definition) is 1. The lowest BCUT2D eigenvalue weighted by atomic mass is 9.82. The Balaban J connectivity index is 1.11. The van der Waals surface area contributed by atoms with Crippen LogP contribution in [0.3, 0.4) is 0 Å². The van der Waals surface area contributed by atoms with Gasteiger partial charge in [-0.25, -0.2) is 4.79 Å². The standard InChI is InChI=1S/C48H36N2O2S2/c1-47(2)39-11-7-5-9-35(39)37-20-17-32(26-41(37)47)50(33-18-21-38-36-10-6-8-12-40(36)48(3,4)42(38)27-33)31-15-13-29(14-16-31)43-23-24-45(54-43)44-22-19-34(53-44)25-30(28-49)46(51)52/h5-27H,1-4H3,(H,51,52)/b30-25-. The molecule has 0 bridgehead atoms. The first-order valence-corrected chi connectivity index (χ1v) is 19.6. The fourth-order valence-corrected chi connectivity index (χ4v) is 10.4. The highest BCUT2D eigenvalue weighted by atomic mass is 32.1. The number of nitriles is 1. The van der Waals surface area contributed by atoms with Crippen LogP contribution < -0.4 is 4.90 Å². The summed E-state index contributed by atoms with van der Waals surface area (Å²) in [4.78, 5) is 17.7. The van der Waals surface area contributed by atoms with Crippen LogP contribution in [-0.4, -0.2) is 11.1 Å². The molecule has 1 N–H and O–H groups in total. The van der Waals surface area contributed by atoms with Gasteiger partial charge in [-0.2, -0.15) is 5.26 Å². The summed E-state index contributed by atoms with van der Waals surface area (Å²) in [6.07, 6.45) is 1.43. The molecule has 0 saturated heterocycles. The predicted molar refractivity (Wildman–Crippen MR) is 224 cm³/mol. The van der Waals surface area contributed by atoms with E-state index in [2.05, 4.69) is 154 Å². The molecule has 0 radical (unpaired) electrons. The molecule has 0 aliphatic heterocycles. The monoisotopic (exact) mass is 736 g/mol. The fraction of sp³-hybridized carbons (Fsp3) is 0.125. The van der Waals surface area contributed by atoms with Crippen molar-refractivity contribution < 1.29 is 9.90 Å². The zero-order chi connectivity index (χ0) is 37.4. The number of aliphatic carboxylic acids is 1. The molecule has 6 heteroatoms. The molecule has 0 saturated carbocycles. The van der Waals surface area contributed by atoms with Gasteiger partial charge in [0, 0.05) is 47.4 Å². The molecular weight excluding hydrogens is 701 g/mol. The van der Waals surface area contributed by atoms with Crippen LogP contribution in [-0.2, 0) is 15.6 Å². The first-order chi connectivity index (χ1) is 26.0. The van der Waals surface area contributed by atoms with E-state index in [9.17, 15) is 15.2 Å². The summed E-state index contributed by atoms with van der Waals surface area (Å²) in [6.45, 7) is 9.33. The van der Waals surface area contributed by atoms with Crippen LogP contribution in [0, 0.1) is 11.3 Å². The summed E-state index contributed by atoms with van der Waals surface area (Å²) in [5.41, 5.74) is 14.6. The van der Waals surface area contributed by atoms with Crippen LogP contribution >= 0.6 is 22.7 Å². The summed E-state index contributed by atoms with van der Waals surface area (Å²) in [7, 11) is 0. The van der Waals surface area contributed by atoms with E-state index in [4.69, 9.17) is 0 Å². The van der Waals surface area contributed by atoms with E-state index in [-0.39, 0.29) is 16.4 Å². The van der Waals surface area contributed by atoms with Crippen LogP contribution in [0.15, 0.2) is 139 Å². The first-order valence-electron chi connectivity index (χ1n) is 18.0. The highest BCUT2D eigenvalue weighted by molar-refractivity contribution is 7.24. The van der Waals surface area contributed by atoms with E-state index < -0.39 is 5.97 Å². The maximum atomic E-state index is 11.3. The Hall–Kier alpha value is -6.00. The average molecular weight is 737 g/mol. The molecule has 5 aromatic carbocycles. The zero-order valence-electron chi connectivity index (χ0n) is 30.3. The second-order valence-corrected chi connectivity index (χ2v) is 17.2. The van der Waals surface area contributed by atoms with E-state index >= 15 is 0 Å². The molecule has 9 rings (SSSR count). The average Bonchev–Trinajstić information content (AvgIpc) is 3.95. The fourth-order valence-electron chi connectivity index (χ4n) is 8.36. The number of benzene rings is 5. The third-order valence-corrected chi connectivity index (χ3v) is 13.5. The second kappa shape index (κ2) is 12.6. The van der Waals surface area contributed by atoms with Gasteiger partial charge >= 0.3 is 5.97 Å². The van der Waals surface area contributed by atoms with Crippen molar-refractivity contribution >= 4 is 51.8 Å². The number of carboxylic acid groups (broad SMARTS) is 1. The Labute approximate surface area is 323 Å². The Morgan fingerprint density at radius 2 is 1.07 bits per heavy atom. The number of hydrogen-bond acceptors (Lipinski definition) is 5. The van der Waals surface area contributed by atoms with Crippen molar-refractivity contribution in [1.82, 2.24) is 0 Å². The van der Waals surface area contributed by atoms with E-state index in [1.165, 1.54) is 61.9 Å². The second-order valence-electron chi connectivity index (χ2n) is 15.0. The number of fused-ring (bicyclic) bond motifs is 6. The molecule has 2 aliphatic rings. The lowest BCUT2D eigenvalue weighted by Crippen LogP contribution is -2.18. The van der Waals surface area contributed by atoms with Gasteiger partial charge in [0.2, 0.25) is 0 Å². The topological polar surface area (TPSA) is 64.3 Å². The Morgan fingerprint density at radius 1 is 0.593 bits per heavy atom. The molecule has 0 unspecified atom stereocenters. The molecule has 0 spiro atoms. The minimum absolute atomic E-state index is 0.121. The summed E-state index contributed by atoms with van der Waals surface area (Å²) in [6, 6.07) is 50.2. The SMILES string of the molecule is CC1(C)c2ccccc2-c2ccc(N(c3ccc(-c4ccc(-c5ccc(/C=C(/C#N)C(=O)O)s5)s4)cc3)c3ccc4c(c3)C(C)(C)c3ccccc3-4)cc21. The van der Waals surface area contributed by atoms with Gasteiger partial charge < -0.3 is 10.0 Å². The highest BCUT2D eigenvalue weighted by Crippen LogP contribution is 2.53. The van der Waals surface area contributed by atoms with Gasteiger partial charge in [0.25, 0.3) is 0 Å². The minimum Gasteiger partial charge on any atom is -0.477 e. The molecule has 0 fully saturated rings. The van der Waals surface area contributed by atoms with Crippen LogP contribution in [0.2, 0.25) is 0 Å². The minimum atomic E-state index is -1.22. The highest BCUT2D eigenvalue weighted by Gasteiger charge is 2.37. The Bertz CT molecular complexity index is 2610. The van der Waals surface area contributed by atoms with Crippen molar-refractivity contribution in [2.45, 2.75) is 38.5 Å². The van der Waals surface area contributed by atoms with Crippen molar-refractivity contribution in [1.29, 1.82) is 5.26 Å². The van der Waals surface area contributed by atoms with Gasteiger partial charge in [-0.15, -0.1) is 22.7 Å². The summed E-state index contributed by atoms with van der Waals surface area (Å²) in [5, 5.41) is 18.4. The van der Waals surface area contributed by atoms with E-state index in [0.29, 0.717) is 0 Å². The maximum Gasteiger partial charge on any atom is 0.346 e. The van der Waals surface area contributed by atoms with Gasteiger partial charge in [0.05, 0.1) is 0 Å². The van der Waals surface area contributed by atoms with Crippen molar-refractivity contribution in [3.8, 4) is 48.5 Å². The third-order valence-electron chi connectivity index (χ3n) is 11.2. The summed E-state index contributed by atoms with van der Waals surface area (Å²) >= 11 is 3.18. The number of carboxylic acids is 1. The van der Waals surface area contributed by atoms with Crippen molar-refractivity contribution in [3.05, 3.63) is 166 Å². The quantitative estimate of drug-likeness (QED) is 0.131. The van der Waals surface area contributed by atoms with E-state index in [0.717, 1.165) is 42.1 Å². The zero-order valence-corrected chi connectivity index (χ0v) is 32.0. The maximum absolute atomic E-state index is 11.3. The number of thiophene rings is 2. The van der Waals surface area contributed by atoms with Gasteiger partial charge in [0.1, 0.15) is 11.6 Å². The summed E-state index contributed by atoms with van der Waals surface area (Å²) < 4.78 is 0. The Morgan fingerprint density at radius 3 is 1.63 bits per heavy atom. The molecule has 4 nitrogen and oxygen atoms in total. The van der Waals surface area contributed by atoms with Gasteiger partial charge in [0.15, 0.2) is 0 Å². The molecule has 7 aromatic rings. The smallest absolute Gasteiger partial charge is 0.346 e. The molecule has 2 heterocycles. The van der Waals surface area contributed by atoms with Crippen LogP contribution in [0.25, 0.3) is 48.5 Å². The predicted octanol–water partition coefficient (Wildman–Crippen LogP) is 13.2. The third kappa shape index (κ3) is 5.35. The normalized spacial score (nSPS) is 14.5. The van der Waals surface area contributed by atoms with Crippen LogP contribution in [0.4, 0.5) is 17.1 Å². The molecular formula is C48H36N2O2S2. The van der Waals surface area contributed by atoms with Gasteiger partial charge in [-0.05, 0) is 117 Å². The number of carbonyl (C=O) groups is 1. The van der Waals surface area contributed by atoms with Gasteiger partial charge in [-0.1, -0.05) is 100 Å². The lowest BCUT2D eigenvalue weighted by Gasteiger charge is -2.30. The summed E-state index contributed by atoms with van der Waals surface area (Å²) in [5.74, 6) is -1.22. The molecule has 0 atom stereocenters. The molecule has 2 aromatic heterocycles. The van der Waals surface area contributed by atoms with Crippen molar-refractivity contribution in [3.63, 3.8) is 0 Å². The molecule has 0 amide bonds. The molecule has 54 heavy (non-hydrogen) atoms.